The Labute approximate surface area is 164 Å². The van der Waals surface area contributed by atoms with Crippen LogP contribution in [0.25, 0.3) is 0 Å². The summed E-state index contributed by atoms with van der Waals surface area (Å²) >= 11 is 11.8. The highest BCUT2D eigenvalue weighted by molar-refractivity contribution is 6.42. The number of amides is 1. The largest absolute Gasteiger partial charge is 0.452 e. The van der Waals surface area contributed by atoms with Crippen LogP contribution in [-0.4, -0.2) is 23.4 Å². The quantitative estimate of drug-likeness (QED) is 0.324. The molecule has 0 bridgehead atoms. The molecule has 3 N–H and O–H groups in total. The van der Waals surface area contributed by atoms with Gasteiger partial charge in [0.1, 0.15) is 0 Å². The molecular weight excluding hydrogens is 397 g/mol. The smallest absolute Gasteiger partial charge is 0.340 e. The van der Waals surface area contributed by atoms with E-state index < -0.39 is 29.4 Å². The van der Waals surface area contributed by atoms with Gasteiger partial charge in [-0.1, -0.05) is 29.3 Å². The van der Waals surface area contributed by atoms with Gasteiger partial charge in [-0.25, -0.2) is 4.79 Å². The van der Waals surface area contributed by atoms with Crippen molar-refractivity contribution in [3.05, 3.63) is 67.7 Å². The first-order chi connectivity index (χ1) is 12.7. The van der Waals surface area contributed by atoms with Crippen LogP contribution in [0, 0.1) is 10.1 Å². The molecule has 0 aromatic heterocycles. The first kappa shape index (κ1) is 20.5. The minimum atomic E-state index is -0.861. The highest BCUT2D eigenvalue weighted by Crippen LogP contribution is 2.25. The normalized spacial score (nSPS) is 11.5. The topological polar surface area (TPSA) is 125 Å². The fraction of sp³-hybridized carbons (Fsp3) is 0.176. The van der Waals surface area contributed by atoms with Crippen LogP contribution in [0.5, 0.6) is 0 Å². The Kier molecular flexibility index (Phi) is 6.59. The number of nitro benzene ring substituents is 1. The molecule has 0 aliphatic heterocycles. The summed E-state index contributed by atoms with van der Waals surface area (Å²) in [4.78, 5) is 34.0. The fourth-order valence-corrected chi connectivity index (χ4v) is 2.51. The maximum atomic E-state index is 12.0. The van der Waals surface area contributed by atoms with Gasteiger partial charge in [-0.2, -0.15) is 0 Å². The average Bonchev–Trinajstić information content (AvgIpc) is 2.61. The summed E-state index contributed by atoms with van der Waals surface area (Å²) in [5.74, 6) is -1.40. The summed E-state index contributed by atoms with van der Waals surface area (Å²) in [6, 6.07) is 7.89. The van der Waals surface area contributed by atoms with Crippen LogP contribution in [-0.2, 0) is 9.53 Å². The first-order valence-electron chi connectivity index (χ1n) is 7.64. The van der Waals surface area contributed by atoms with Gasteiger partial charge in [0, 0.05) is 12.1 Å². The lowest BCUT2D eigenvalue weighted by atomic mass is 10.1. The standard InChI is InChI=1S/C17H15Cl2N3O5/c1-9(10-2-5-13(18)14(19)6-10)21-16(23)8-27-17(24)12-4-3-11(22(25)26)7-15(12)20/h2-7,9H,8,20H2,1H3,(H,21,23). The third-order valence-electron chi connectivity index (χ3n) is 3.62. The van der Waals surface area contributed by atoms with Crippen molar-refractivity contribution >= 4 is 46.5 Å². The van der Waals surface area contributed by atoms with Crippen LogP contribution in [0.1, 0.15) is 28.9 Å². The van der Waals surface area contributed by atoms with E-state index in [2.05, 4.69) is 5.32 Å². The van der Waals surface area contributed by atoms with Gasteiger partial charge >= 0.3 is 5.97 Å². The van der Waals surface area contributed by atoms with Crippen LogP contribution < -0.4 is 11.1 Å². The van der Waals surface area contributed by atoms with E-state index in [4.69, 9.17) is 33.7 Å². The van der Waals surface area contributed by atoms with E-state index in [1.165, 1.54) is 6.07 Å². The number of hydrogen-bond acceptors (Lipinski definition) is 6. The van der Waals surface area contributed by atoms with Gasteiger partial charge in [0.25, 0.3) is 11.6 Å². The Bertz CT molecular complexity index is 904. The molecule has 27 heavy (non-hydrogen) atoms. The zero-order valence-corrected chi connectivity index (χ0v) is 15.6. The summed E-state index contributed by atoms with van der Waals surface area (Å²) in [6.07, 6.45) is 0. The molecule has 0 saturated heterocycles. The van der Waals surface area contributed by atoms with Crippen LogP contribution in [0.15, 0.2) is 36.4 Å². The number of hydrogen-bond donors (Lipinski definition) is 2. The number of rotatable bonds is 6. The van der Waals surface area contributed by atoms with Crippen molar-refractivity contribution in [3.63, 3.8) is 0 Å². The molecule has 0 aliphatic carbocycles. The van der Waals surface area contributed by atoms with Crippen molar-refractivity contribution in [2.45, 2.75) is 13.0 Å². The Hall–Kier alpha value is -2.84. The number of benzene rings is 2. The maximum absolute atomic E-state index is 12.0. The van der Waals surface area contributed by atoms with Crippen LogP contribution in [0.2, 0.25) is 10.0 Å². The molecule has 142 valence electrons. The predicted octanol–water partition coefficient (Wildman–Crippen LogP) is 3.52. The summed E-state index contributed by atoms with van der Waals surface area (Å²) in [5.41, 5.74) is 5.92. The molecule has 0 heterocycles. The number of nitrogens with two attached hydrogens (primary N) is 1. The van der Waals surface area contributed by atoms with Crippen LogP contribution in [0.4, 0.5) is 11.4 Å². The highest BCUT2D eigenvalue weighted by atomic mass is 35.5. The molecule has 0 fully saturated rings. The molecule has 2 aromatic rings. The van der Waals surface area contributed by atoms with Gasteiger partial charge in [-0.05, 0) is 30.7 Å². The molecule has 1 unspecified atom stereocenters. The third kappa shape index (κ3) is 5.32. The third-order valence-corrected chi connectivity index (χ3v) is 4.36. The number of nitrogen functional groups attached to an aromatic ring is 1. The molecule has 1 amide bonds. The van der Waals surface area contributed by atoms with E-state index in [-0.39, 0.29) is 16.9 Å². The number of anilines is 1. The monoisotopic (exact) mass is 411 g/mol. The second-order valence-electron chi connectivity index (χ2n) is 5.57. The molecule has 0 spiro atoms. The number of non-ortho nitro benzene ring substituents is 1. The molecule has 0 aliphatic rings. The number of esters is 1. The maximum Gasteiger partial charge on any atom is 0.340 e. The average molecular weight is 412 g/mol. The zero-order chi connectivity index (χ0) is 20.1. The van der Waals surface area contributed by atoms with Crippen molar-refractivity contribution in [2.24, 2.45) is 0 Å². The van der Waals surface area contributed by atoms with Crippen molar-refractivity contribution in [1.29, 1.82) is 0 Å². The second-order valence-corrected chi connectivity index (χ2v) is 6.38. The van der Waals surface area contributed by atoms with Crippen molar-refractivity contribution in [2.75, 3.05) is 12.3 Å². The van der Waals surface area contributed by atoms with Crippen molar-refractivity contribution in [3.8, 4) is 0 Å². The first-order valence-corrected chi connectivity index (χ1v) is 8.40. The van der Waals surface area contributed by atoms with Gasteiger partial charge in [0.15, 0.2) is 6.61 Å². The number of nitrogens with zero attached hydrogens (tertiary/aromatic N) is 1. The number of nitro groups is 1. The molecule has 2 aromatic carbocycles. The SMILES string of the molecule is CC(NC(=O)COC(=O)c1ccc([N+](=O)[O-])cc1N)c1ccc(Cl)c(Cl)c1. The number of ether oxygens (including phenoxy) is 1. The second kappa shape index (κ2) is 8.70. The Balaban J connectivity index is 1.93. The number of carbonyl (C=O) groups is 2. The van der Waals surface area contributed by atoms with Crippen molar-refractivity contribution < 1.29 is 19.2 Å². The van der Waals surface area contributed by atoms with E-state index in [0.29, 0.717) is 10.0 Å². The highest BCUT2D eigenvalue weighted by Gasteiger charge is 2.17. The molecule has 10 heteroatoms. The number of nitrogens with one attached hydrogen (secondary N) is 1. The van der Waals surface area contributed by atoms with E-state index in [1.807, 2.05) is 0 Å². The van der Waals surface area contributed by atoms with Crippen LogP contribution >= 0.6 is 23.2 Å². The molecule has 8 nitrogen and oxygen atoms in total. The summed E-state index contributed by atoms with van der Waals surface area (Å²) in [7, 11) is 0. The minimum absolute atomic E-state index is 0.0640. The van der Waals surface area contributed by atoms with Gasteiger partial charge in [0.2, 0.25) is 0 Å². The van der Waals surface area contributed by atoms with Crippen molar-refractivity contribution in [1.82, 2.24) is 5.32 Å². The molecule has 1 atom stereocenters. The lowest BCUT2D eigenvalue weighted by Gasteiger charge is -2.15. The van der Waals surface area contributed by atoms with Crippen LogP contribution in [0.3, 0.4) is 0 Å². The molecule has 0 saturated carbocycles. The lowest BCUT2D eigenvalue weighted by molar-refractivity contribution is -0.384. The van der Waals surface area contributed by atoms with E-state index in [9.17, 15) is 19.7 Å². The van der Waals surface area contributed by atoms with E-state index >= 15 is 0 Å². The summed E-state index contributed by atoms with van der Waals surface area (Å²) < 4.78 is 4.90. The van der Waals surface area contributed by atoms with E-state index in [0.717, 1.165) is 17.7 Å². The number of halogens is 2. The minimum Gasteiger partial charge on any atom is -0.452 e. The Morgan fingerprint density at radius 2 is 1.93 bits per heavy atom. The van der Waals surface area contributed by atoms with Gasteiger partial charge in [-0.15, -0.1) is 0 Å². The fourth-order valence-electron chi connectivity index (χ4n) is 2.21. The van der Waals surface area contributed by atoms with Gasteiger partial charge in [-0.3, -0.25) is 14.9 Å². The molecule has 2 rings (SSSR count). The van der Waals surface area contributed by atoms with Gasteiger partial charge in [0.05, 0.1) is 32.3 Å². The molecule has 0 radical (unpaired) electrons. The lowest BCUT2D eigenvalue weighted by Crippen LogP contribution is -2.31. The Morgan fingerprint density at radius 3 is 2.52 bits per heavy atom. The summed E-state index contributed by atoms with van der Waals surface area (Å²) in [5, 5.41) is 14.1. The Morgan fingerprint density at radius 1 is 1.22 bits per heavy atom. The summed E-state index contributed by atoms with van der Waals surface area (Å²) in [6.45, 7) is 1.19. The zero-order valence-electron chi connectivity index (χ0n) is 14.1. The van der Waals surface area contributed by atoms with Gasteiger partial charge < -0.3 is 15.8 Å². The number of carbonyl (C=O) groups excluding carboxylic acids is 2. The molecular formula is C17H15Cl2N3O5. The van der Waals surface area contributed by atoms with E-state index in [1.54, 1.807) is 25.1 Å². The predicted molar refractivity (Wildman–Crippen MR) is 101 cm³/mol.